The minimum atomic E-state index is -0.583. The van der Waals surface area contributed by atoms with Gasteiger partial charge in [-0.2, -0.15) is 0 Å². The quantitative estimate of drug-likeness (QED) is 0.433. The van der Waals surface area contributed by atoms with E-state index < -0.39 is 11.7 Å². The maximum absolute atomic E-state index is 13.2. The van der Waals surface area contributed by atoms with Gasteiger partial charge >= 0.3 is 0 Å². The lowest BCUT2D eigenvalue weighted by Crippen LogP contribution is -2.14. The molecule has 0 unspecified atom stereocenters. The van der Waals surface area contributed by atoms with Crippen LogP contribution in [0.2, 0.25) is 5.02 Å². The van der Waals surface area contributed by atoms with Crippen molar-refractivity contribution in [3.05, 3.63) is 89.2 Å². The summed E-state index contributed by atoms with van der Waals surface area (Å²) >= 11 is 6.32. The highest BCUT2D eigenvalue weighted by Gasteiger charge is 2.20. The molecule has 0 aliphatic heterocycles. The van der Waals surface area contributed by atoms with Crippen molar-refractivity contribution in [3.8, 4) is 28.5 Å². The molecule has 4 rings (SSSR count). The van der Waals surface area contributed by atoms with Crippen molar-refractivity contribution in [2.24, 2.45) is 0 Å². The molecule has 0 aliphatic carbocycles. The van der Waals surface area contributed by atoms with Crippen LogP contribution < -0.4 is 5.32 Å². The maximum Gasteiger partial charge on any atom is 0.231 e. The number of benzene rings is 3. The molecule has 0 spiro atoms. The Labute approximate surface area is 176 Å². The number of phenols is 1. The summed E-state index contributed by atoms with van der Waals surface area (Å²) in [6, 6.07) is 19.8. The highest BCUT2D eigenvalue weighted by Crippen LogP contribution is 2.36. The summed E-state index contributed by atoms with van der Waals surface area (Å²) in [6.45, 7) is 0. The van der Waals surface area contributed by atoms with Gasteiger partial charge in [-0.3, -0.25) is 10.1 Å². The second-order valence-electron chi connectivity index (χ2n) is 6.54. The molecular weight excluding hydrogens is 407 g/mol. The number of nitrogens with one attached hydrogen (secondary N) is 1. The Morgan fingerprint density at radius 3 is 2.53 bits per heavy atom. The first-order valence-corrected chi connectivity index (χ1v) is 9.47. The minimum absolute atomic E-state index is 0.133. The monoisotopic (exact) mass is 422 g/mol. The van der Waals surface area contributed by atoms with Crippen LogP contribution in [0.1, 0.15) is 5.56 Å². The normalized spacial score (nSPS) is 10.7. The van der Waals surface area contributed by atoms with Gasteiger partial charge in [-0.25, -0.2) is 9.37 Å². The SMILES string of the molecule is O=C(Cc1ccc(F)cc1O)Nc1oc(-c2ccccc2)nc1-c1ccccc1Cl. The third-order valence-electron chi connectivity index (χ3n) is 4.43. The predicted octanol–water partition coefficient (Wildman–Crippen LogP) is 5.69. The molecule has 4 aromatic rings. The summed E-state index contributed by atoms with van der Waals surface area (Å²) in [4.78, 5) is 17.1. The fraction of sp³-hybridized carbons (Fsp3) is 0.0435. The maximum atomic E-state index is 13.2. The molecule has 1 aromatic heterocycles. The van der Waals surface area contributed by atoms with Crippen LogP contribution in [-0.2, 0) is 11.2 Å². The molecule has 150 valence electrons. The average molecular weight is 423 g/mol. The Bertz CT molecular complexity index is 1210. The smallest absolute Gasteiger partial charge is 0.231 e. The lowest BCUT2D eigenvalue weighted by atomic mass is 10.1. The lowest BCUT2D eigenvalue weighted by molar-refractivity contribution is -0.115. The summed E-state index contributed by atoms with van der Waals surface area (Å²) < 4.78 is 19.0. The molecule has 2 N–H and O–H groups in total. The number of hydrogen-bond acceptors (Lipinski definition) is 4. The topological polar surface area (TPSA) is 75.4 Å². The van der Waals surface area contributed by atoms with Crippen molar-refractivity contribution < 1.29 is 18.7 Å². The number of carbonyl (C=O) groups is 1. The number of anilines is 1. The fourth-order valence-corrected chi connectivity index (χ4v) is 3.20. The highest BCUT2D eigenvalue weighted by molar-refractivity contribution is 6.33. The second-order valence-corrected chi connectivity index (χ2v) is 6.95. The van der Waals surface area contributed by atoms with E-state index in [1.807, 2.05) is 30.3 Å². The Morgan fingerprint density at radius 1 is 1.07 bits per heavy atom. The van der Waals surface area contributed by atoms with Crippen LogP contribution in [-0.4, -0.2) is 16.0 Å². The number of rotatable bonds is 5. The number of nitrogens with zero attached hydrogens (tertiary/aromatic N) is 1. The Balaban J connectivity index is 1.68. The van der Waals surface area contributed by atoms with Crippen LogP contribution in [0.3, 0.4) is 0 Å². The molecule has 0 radical (unpaired) electrons. The lowest BCUT2D eigenvalue weighted by Gasteiger charge is -2.07. The summed E-state index contributed by atoms with van der Waals surface area (Å²) in [6.07, 6.45) is -0.171. The van der Waals surface area contributed by atoms with Crippen LogP contribution in [0, 0.1) is 5.82 Å². The number of halogens is 2. The summed E-state index contributed by atoms with van der Waals surface area (Å²) in [5, 5.41) is 13.0. The zero-order chi connectivity index (χ0) is 21.1. The standard InChI is InChI=1S/C23H16ClFN2O3/c24-18-9-5-4-8-17(18)21-23(30-22(27-21)14-6-2-1-3-7-14)26-20(29)12-15-10-11-16(25)13-19(15)28/h1-11,13,28H,12H2,(H,26,29). The molecule has 5 nitrogen and oxygen atoms in total. The molecule has 1 amide bonds. The van der Waals surface area contributed by atoms with Crippen LogP contribution in [0.15, 0.2) is 77.2 Å². The third-order valence-corrected chi connectivity index (χ3v) is 4.76. The molecule has 3 aromatic carbocycles. The number of hydrogen-bond donors (Lipinski definition) is 2. The van der Waals surface area contributed by atoms with E-state index in [2.05, 4.69) is 10.3 Å². The minimum Gasteiger partial charge on any atom is -0.508 e. The average Bonchev–Trinajstić information content (AvgIpc) is 3.14. The Morgan fingerprint density at radius 2 is 1.80 bits per heavy atom. The van der Waals surface area contributed by atoms with Gasteiger partial charge in [0.2, 0.25) is 17.7 Å². The molecule has 1 heterocycles. The number of amides is 1. The fourth-order valence-electron chi connectivity index (χ4n) is 2.98. The first-order chi connectivity index (χ1) is 14.5. The zero-order valence-electron chi connectivity index (χ0n) is 15.6. The highest BCUT2D eigenvalue weighted by atomic mass is 35.5. The van der Waals surface area contributed by atoms with Crippen molar-refractivity contribution in [3.63, 3.8) is 0 Å². The van der Waals surface area contributed by atoms with Crippen LogP contribution in [0.5, 0.6) is 5.75 Å². The van der Waals surface area contributed by atoms with E-state index in [4.69, 9.17) is 16.0 Å². The second kappa shape index (κ2) is 8.39. The number of aromatic hydroxyl groups is 1. The van der Waals surface area contributed by atoms with Crippen molar-refractivity contribution >= 4 is 23.4 Å². The van der Waals surface area contributed by atoms with Gasteiger partial charge in [0.05, 0.1) is 11.4 Å². The molecular formula is C23H16ClFN2O3. The molecule has 0 saturated heterocycles. The van der Waals surface area contributed by atoms with Gasteiger partial charge in [0.15, 0.2) is 0 Å². The number of oxazole rings is 1. The van der Waals surface area contributed by atoms with Gasteiger partial charge in [0, 0.05) is 22.8 Å². The summed E-state index contributed by atoms with van der Waals surface area (Å²) in [7, 11) is 0. The Kier molecular flexibility index (Phi) is 5.50. The van der Waals surface area contributed by atoms with Gasteiger partial charge in [-0.1, -0.05) is 54.1 Å². The van der Waals surface area contributed by atoms with Crippen molar-refractivity contribution in [2.75, 3.05) is 5.32 Å². The van der Waals surface area contributed by atoms with E-state index >= 15 is 0 Å². The number of carbonyl (C=O) groups excluding carboxylic acids is 1. The van der Waals surface area contributed by atoms with Crippen molar-refractivity contribution in [2.45, 2.75) is 6.42 Å². The van der Waals surface area contributed by atoms with Gasteiger partial charge in [0.25, 0.3) is 0 Å². The largest absolute Gasteiger partial charge is 0.508 e. The number of aromatic nitrogens is 1. The molecule has 0 atom stereocenters. The van der Waals surface area contributed by atoms with E-state index in [1.54, 1.807) is 24.3 Å². The molecule has 7 heteroatoms. The van der Waals surface area contributed by atoms with E-state index in [9.17, 15) is 14.3 Å². The molecule has 0 bridgehead atoms. The van der Waals surface area contributed by atoms with E-state index in [1.165, 1.54) is 12.1 Å². The summed E-state index contributed by atoms with van der Waals surface area (Å²) in [5.74, 6) is -0.876. The van der Waals surface area contributed by atoms with Gasteiger partial charge in [-0.15, -0.1) is 0 Å². The Hall–Kier alpha value is -3.64. The van der Waals surface area contributed by atoms with E-state index in [0.717, 1.165) is 11.6 Å². The van der Waals surface area contributed by atoms with Crippen LogP contribution >= 0.6 is 11.6 Å². The zero-order valence-corrected chi connectivity index (χ0v) is 16.4. The van der Waals surface area contributed by atoms with Crippen LogP contribution in [0.4, 0.5) is 10.3 Å². The van der Waals surface area contributed by atoms with Gasteiger partial charge in [0.1, 0.15) is 17.3 Å². The van der Waals surface area contributed by atoms with Crippen molar-refractivity contribution in [1.82, 2.24) is 4.98 Å². The van der Waals surface area contributed by atoms with Crippen molar-refractivity contribution in [1.29, 1.82) is 0 Å². The predicted molar refractivity (Wildman–Crippen MR) is 113 cm³/mol. The first-order valence-electron chi connectivity index (χ1n) is 9.09. The van der Waals surface area contributed by atoms with E-state index in [0.29, 0.717) is 22.2 Å². The molecule has 30 heavy (non-hydrogen) atoms. The van der Waals surface area contributed by atoms with E-state index in [-0.39, 0.29) is 23.6 Å². The molecule has 0 fully saturated rings. The third kappa shape index (κ3) is 4.18. The van der Waals surface area contributed by atoms with Gasteiger partial charge < -0.3 is 9.52 Å². The number of phenolic OH excluding ortho intramolecular Hbond substituents is 1. The van der Waals surface area contributed by atoms with Gasteiger partial charge in [-0.05, 0) is 24.3 Å². The van der Waals surface area contributed by atoms with Crippen LogP contribution in [0.25, 0.3) is 22.7 Å². The first kappa shape index (κ1) is 19.7. The summed E-state index contributed by atoms with van der Waals surface area (Å²) in [5.41, 5.74) is 2.01. The molecule has 0 aliphatic rings. The molecule has 0 saturated carbocycles.